The van der Waals surface area contributed by atoms with Crippen molar-refractivity contribution in [3.63, 3.8) is 0 Å². The first-order valence-corrected chi connectivity index (χ1v) is 6.22. The number of rotatable bonds is 3. The van der Waals surface area contributed by atoms with Gasteiger partial charge in [-0.25, -0.2) is 0 Å². The lowest BCUT2D eigenvalue weighted by Gasteiger charge is -2.35. The van der Waals surface area contributed by atoms with Crippen LogP contribution in [-0.2, 0) is 6.42 Å². The minimum atomic E-state index is -0.119. The van der Waals surface area contributed by atoms with Gasteiger partial charge in [0.1, 0.15) is 0 Å². The fourth-order valence-electron chi connectivity index (χ4n) is 2.47. The maximum Gasteiger partial charge on any atom is 0.0667 e. The Balaban J connectivity index is 1.90. The molecule has 0 amide bonds. The Kier molecular flexibility index (Phi) is 3.97. The zero-order chi connectivity index (χ0) is 11.4. The molecule has 0 saturated carbocycles. The first kappa shape index (κ1) is 11.6. The summed E-state index contributed by atoms with van der Waals surface area (Å²) in [7, 11) is 0. The minimum absolute atomic E-state index is 0.119. The van der Waals surface area contributed by atoms with E-state index in [9.17, 15) is 5.11 Å². The van der Waals surface area contributed by atoms with Gasteiger partial charge in [-0.1, -0.05) is 30.3 Å². The number of aliphatic hydroxyl groups excluding tert-OH is 1. The van der Waals surface area contributed by atoms with E-state index in [-0.39, 0.29) is 6.10 Å². The molecule has 0 unspecified atom stereocenters. The zero-order valence-corrected chi connectivity index (χ0v) is 9.97. The van der Waals surface area contributed by atoms with Crippen LogP contribution in [0.25, 0.3) is 0 Å². The highest BCUT2D eigenvalue weighted by atomic mass is 16.3. The van der Waals surface area contributed by atoms with Crippen molar-refractivity contribution in [1.29, 1.82) is 0 Å². The second kappa shape index (κ2) is 5.46. The molecule has 1 aromatic carbocycles. The lowest BCUT2D eigenvalue weighted by Crippen LogP contribution is -2.44. The van der Waals surface area contributed by atoms with Gasteiger partial charge in [0, 0.05) is 12.6 Å². The molecule has 0 aromatic heterocycles. The molecule has 0 aliphatic carbocycles. The molecule has 0 bridgehead atoms. The number of nitrogens with zero attached hydrogens (tertiary/aromatic N) is 1. The van der Waals surface area contributed by atoms with Crippen LogP contribution in [-0.4, -0.2) is 35.2 Å². The van der Waals surface area contributed by atoms with Crippen molar-refractivity contribution in [1.82, 2.24) is 4.90 Å². The van der Waals surface area contributed by atoms with Crippen molar-refractivity contribution in [2.45, 2.75) is 38.3 Å². The number of hydrogen-bond acceptors (Lipinski definition) is 2. The molecule has 2 nitrogen and oxygen atoms in total. The van der Waals surface area contributed by atoms with Crippen LogP contribution < -0.4 is 0 Å². The van der Waals surface area contributed by atoms with E-state index >= 15 is 0 Å². The van der Waals surface area contributed by atoms with Crippen LogP contribution in [0.15, 0.2) is 30.3 Å². The Labute approximate surface area is 97.9 Å². The largest absolute Gasteiger partial charge is 0.392 e. The van der Waals surface area contributed by atoms with E-state index in [0.717, 1.165) is 32.4 Å². The van der Waals surface area contributed by atoms with Crippen LogP contribution >= 0.6 is 0 Å². The average Bonchev–Trinajstić information content (AvgIpc) is 2.30. The van der Waals surface area contributed by atoms with Gasteiger partial charge in [-0.3, -0.25) is 4.90 Å². The van der Waals surface area contributed by atoms with Crippen molar-refractivity contribution >= 4 is 0 Å². The summed E-state index contributed by atoms with van der Waals surface area (Å²) in [4.78, 5) is 2.40. The predicted octanol–water partition coefficient (Wildman–Crippen LogP) is 2.07. The molecule has 2 rings (SSSR count). The number of benzene rings is 1. The molecule has 0 radical (unpaired) electrons. The Morgan fingerprint density at radius 2 is 2.12 bits per heavy atom. The first-order valence-electron chi connectivity index (χ1n) is 6.22. The summed E-state index contributed by atoms with van der Waals surface area (Å²) in [5.41, 5.74) is 1.38. The van der Waals surface area contributed by atoms with E-state index in [1.165, 1.54) is 5.56 Å². The van der Waals surface area contributed by atoms with Crippen LogP contribution in [0.1, 0.15) is 25.3 Å². The molecule has 1 aromatic rings. The molecule has 1 saturated heterocycles. The monoisotopic (exact) mass is 219 g/mol. The van der Waals surface area contributed by atoms with Crippen molar-refractivity contribution < 1.29 is 5.11 Å². The van der Waals surface area contributed by atoms with Gasteiger partial charge in [-0.2, -0.15) is 0 Å². The maximum absolute atomic E-state index is 9.65. The fraction of sp³-hybridized carbons (Fsp3) is 0.571. The van der Waals surface area contributed by atoms with E-state index in [2.05, 4.69) is 42.2 Å². The highest BCUT2D eigenvalue weighted by Gasteiger charge is 2.21. The average molecular weight is 219 g/mol. The third-order valence-electron chi connectivity index (χ3n) is 3.43. The molecular formula is C14H21NO. The summed E-state index contributed by atoms with van der Waals surface area (Å²) < 4.78 is 0. The molecular weight excluding hydrogens is 198 g/mol. The van der Waals surface area contributed by atoms with E-state index in [1.807, 2.05) is 0 Å². The molecule has 1 aliphatic heterocycles. The quantitative estimate of drug-likeness (QED) is 0.841. The Morgan fingerprint density at radius 3 is 2.81 bits per heavy atom. The fourth-order valence-corrected chi connectivity index (χ4v) is 2.47. The van der Waals surface area contributed by atoms with E-state index in [4.69, 9.17) is 0 Å². The molecule has 1 aliphatic rings. The van der Waals surface area contributed by atoms with Crippen LogP contribution in [0.3, 0.4) is 0 Å². The van der Waals surface area contributed by atoms with Gasteiger partial charge < -0.3 is 5.11 Å². The lowest BCUT2D eigenvalue weighted by atomic mass is 10.0. The molecule has 0 spiro atoms. The third-order valence-corrected chi connectivity index (χ3v) is 3.43. The standard InChI is InChI=1S/C14H21NO/c1-12(10-13-6-3-2-4-7-13)15-9-5-8-14(16)11-15/h2-4,6-7,12,14,16H,5,8-11H2,1H3/t12-,14+/m1/s1. The van der Waals surface area contributed by atoms with Crippen molar-refractivity contribution in [3.05, 3.63) is 35.9 Å². The summed E-state index contributed by atoms with van der Waals surface area (Å²) in [6, 6.07) is 11.1. The van der Waals surface area contributed by atoms with Crippen LogP contribution in [0.4, 0.5) is 0 Å². The number of β-amino-alcohol motifs (C(OH)–C–C–N with tert-alkyl or cyclic N) is 1. The molecule has 1 heterocycles. The highest BCUT2D eigenvalue weighted by molar-refractivity contribution is 5.15. The summed E-state index contributed by atoms with van der Waals surface area (Å²) in [5.74, 6) is 0. The second-order valence-corrected chi connectivity index (χ2v) is 4.83. The maximum atomic E-state index is 9.65. The molecule has 2 atom stereocenters. The van der Waals surface area contributed by atoms with E-state index in [0.29, 0.717) is 6.04 Å². The normalized spacial score (nSPS) is 24.2. The van der Waals surface area contributed by atoms with Crippen molar-refractivity contribution in [2.24, 2.45) is 0 Å². The zero-order valence-electron chi connectivity index (χ0n) is 9.97. The van der Waals surface area contributed by atoms with E-state index in [1.54, 1.807) is 0 Å². The van der Waals surface area contributed by atoms with Gasteiger partial charge in [-0.05, 0) is 38.3 Å². The topological polar surface area (TPSA) is 23.5 Å². The second-order valence-electron chi connectivity index (χ2n) is 4.83. The summed E-state index contributed by atoms with van der Waals surface area (Å²) in [6.45, 7) is 4.23. The molecule has 1 fully saturated rings. The SMILES string of the molecule is C[C@H](Cc1ccccc1)N1CCC[C@H](O)C1. The van der Waals surface area contributed by atoms with Gasteiger partial charge >= 0.3 is 0 Å². The Hall–Kier alpha value is -0.860. The minimum Gasteiger partial charge on any atom is -0.392 e. The van der Waals surface area contributed by atoms with Crippen molar-refractivity contribution in [3.8, 4) is 0 Å². The van der Waals surface area contributed by atoms with Gasteiger partial charge in [-0.15, -0.1) is 0 Å². The summed E-state index contributed by atoms with van der Waals surface area (Å²) in [6.07, 6.45) is 3.05. The summed E-state index contributed by atoms with van der Waals surface area (Å²) >= 11 is 0. The van der Waals surface area contributed by atoms with Crippen LogP contribution in [0.5, 0.6) is 0 Å². The van der Waals surface area contributed by atoms with Gasteiger partial charge in [0.05, 0.1) is 6.10 Å². The molecule has 2 heteroatoms. The predicted molar refractivity (Wildman–Crippen MR) is 66.4 cm³/mol. The Bertz CT molecular complexity index is 312. The van der Waals surface area contributed by atoms with Crippen LogP contribution in [0.2, 0.25) is 0 Å². The molecule has 16 heavy (non-hydrogen) atoms. The van der Waals surface area contributed by atoms with Gasteiger partial charge in [0.15, 0.2) is 0 Å². The lowest BCUT2D eigenvalue weighted by molar-refractivity contribution is 0.0507. The smallest absolute Gasteiger partial charge is 0.0667 e. The molecule has 88 valence electrons. The van der Waals surface area contributed by atoms with E-state index < -0.39 is 0 Å². The highest BCUT2D eigenvalue weighted by Crippen LogP contribution is 2.15. The number of aliphatic hydroxyl groups is 1. The first-order chi connectivity index (χ1) is 7.75. The van der Waals surface area contributed by atoms with Crippen LogP contribution in [0, 0.1) is 0 Å². The molecule has 1 N–H and O–H groups in total. The van der Waals surface area contributed by atoms with Crippen molar-refractivity contribution in [2.75, 3.05) is 13.1 Å². The third kappa shape index (κ3) is 3.06. The number of hydrogen-bond donors (Lipinski definition) is 1. The Morgan fingerprint density at radius 1 is 1.38 bits per heavy atom. The van der Waals surface area contributed by atoms with Gasteiger partial charge in [0.25, 0.3) is 0 Å². The number of piperidine rings is 1. The number of likely N-dealkylation sites (tertiary alicyclic amines) is 1. The summed E-state index contributed by atoms with van der Waals surface area (Å²) in [5, 5.41) is 9.65. The van der Waals surface area contributed by atoms with Gasteiger partial charge in [0.2, 0.25) is 0 Å².